The average Bonchev–Trinajstić information content (AvgIpc) is 2.98. The summed E-state index contributed by atoms with van der Waals surface area (Å²) in [6.07, 6.45) is 15.0. The summed E-state index contributed by atoms with van der Waals surface area (Å²) in [6, 6.07) is 0.679. The predicted molar refractivity (Wildman–Crippen MR) is 75.6 cm³/mol. The Morgan fingerprint density at radius 1 is 1.00 bits per heavy atom. The molecule has 1 aromatic rings. The number of hydrogen-bond donors (Lipinski definition) is 1. The Hall–Kier alpha value is -0.900. The highest BCUT2D eigenvalue weighted by atomic mass is 15.3. The zero-order valence-corrected chi connectivity index (χ0v) is 11.8. The van der Waals surface area contributed by atoms with Gasteiger partial charge in [-0.25, -0.2) is 0 Å². The second-order valence-electron chi connectivity index (χ2n) is 6.31. The lowest BCUT2D eigenvalue weighted by atomic mass is 9.83. The molecule has 0 radical (unpaired) electrons. The van der Waals surface area contributed by atoms with Gasteiger partial charge < -0.3 is 10.3 Å². The quantitative estimate of drug-likeness (QED) is 0.908. The fraction of sp³-hybridized carbons (Fsp3) is 0.867. The summed E-state index contributed by atoms with van der Waals surface area (Å²) in [5.74, 6) is 1.65. The summed E-state index contributed by atoms with van der Waals surface area (Å²) >= 11 is 0. The molecule has 1 unspecified atom stereocenters. The lowest BCUT2D eigenvalue weighted by Crippen LogP contribution is -2.28. The first-order valence-electron chi connectivity index (χ1n) is 8.01. The summed E-state index contributed by atoms with van der Waals surface area (Å²) in [5, 5.41) is 8.50. The van der Waals surface area contributed by atoms with Crippen LogP contribution in [0, 0.1) is 5.92 Å². The van der Waals surface area contributed by atoms with E-state index in [1.807, 2.05) is 6.33 Å². The normalized spacial score (nSPS) is 24.5. The Kier molecular flexibility index (Phi) is 4.16. The van der Waals surface area contributed by atoms with Crippen LogP contribution in [-0.2, 0) is 0 Å². The van der Waals surface area contributed by atoms with Crippen LogP contribution in [0.2, 0.25) is 0 Å². The molecule has 0 aliphatic heterocycles. The fourth-order valence-corrected chi connectivity index (χ4v) is 3.83. The number of nitrogens with zero attached hydrogens (tertiary/aromatic N) is 3. The Balaban J connectivity index is 1.74. The zero-order chi connectivity index (χ0) is 13.1. The van der Waals surface area contributed by atoms with E-state index in [1.54, 1.807) is 0 Å². The van der Waals surface area contributed by atoms with Crippen LogP contribution in [0.1, 0.15) is 82.1 Å². The summed E-state index contributed by atoms with van der Waals surface area (Å²) < 4.78 is 2.29. The number of aromatic nitrogens is 3. The molecule has 19 heavy (non-hydrogen) atoms. The van der Waals surface area contributed by atoms with Gasteiger partial charge >= 0.3 is 0 Å². The van der Waals surface area contributed by atoms with Gasteiger partial charge in [0.1, 0.15) is 12.2 Å². The van der Waals surface area contributed by atoms with Gasteiger partial charge in [0.25, 0.3) is 0 Å². The molecule has 1 atom stereocenters. The van der Waals surface area contributed by atoms with Gasteiger partial charge in [-0.1, -0.05) is 38.5 Å². The van der Waals surface area contributed by atoms with Crippen LogP contribution in [0.3, 0.4) is 0 Å². The van der Waals surface area contributed by atoms with Gasteiger partial charge in [0.2, 0.25) is 0 Å². The van der Waals surface area contributed by atoms with Crippen molar-refractivity contribution in [3.8, 4) is 0 Å². The van der Waals surface area contributed by atoms with Crippen molar-refractivity contribution < 1.29 is 0 Å². The molecule has 0 bridgehead atoms. The molecule has 4 heteroatoms. The third kappa shape index (κ3) is 2.83. The van der Waals surface area contributed by atoms with Crippen LogP contribution in [0.5, 0.6) is 0 Å². The first kappa shape index (κ1) is 13.1. The smallest absolute Gasteiger partial charge is 0.150 e. The van der Waals surface area contributed by atoms with E-state index >= 15 is 0 Å². The fourth-order valence-electron chi connectivity index (χ4n) is 3.83. The number of hydrogen-bond acceptors (Lipinski definition) is 3. The van der Waals surface area contributed by atoms with Crippen molar-refractivity contribution in [2.45, 2.75) is 76.3 Å². The van der Waals surface area contributed by atoms with Gasteiger partial charge in [-0.15, -0.1) is 10.2 Å². The highest BCUT2D eigenvalue weighted by Crippen LogP contribution is 2.35. The van der Waals surface area contributed by atoms with Crippen molar-refractivity contribution in [1.82, 2.24) is 14.8 Å². The number of nitrogens with two attached hydrogens (primary N) is 1. The SMILES string of the molecule is NC(c1nncn1C1CCCCC1)C1CCCCC1. The lowest BCUT2D eigenvalue weighted by Gasteiger charge is -2.30. The molecule has 0 amide bonds. The first-order valence-corrected chi connectivity index (χ1v) is 8.01. The summed E-state index contributed by atoms with van der Waals surface area (Å²) in [4.78, 5) is 0. The summed E-state index contributed by atoms with van der Waals surface area (Å²) in [5.41, 5.74) is 6.50. The van der Waals surface area contributed by atoms with Gasteiger partial charge in [-0.2, -0.15) is 0 Å². The third-order valence-corrected chi connectivity index (χ3v) is 5.02. The lowest BCUT2D eigenvalue weighted by molar-refractivity contribution is 0.280. The van der Waals surface area contributed by atoms with E-state index in [9.17, 15) is 0 Å². The van der Waals surface area contributed by atoms with E-state index < -0.39 is 0 Å². The molecule has 2 saturated carbocycles. The van der Waals surface area contributed by atoms with Crippen LogP contribution in [0.15, 0.2) is 6.33 Å². The maximum absolute atomic E-state index is 6.50. The average molecular weight is 262 g/mol. The largest absolute Gasteiger partial charge is 0.321 e. The van der Waals surface area contributed by atoms with Crippen LogP contribution >= 0.6 is 0 Å². The van der Waals surface area contributed by atoms with E-state index in [0.29, 0.717) is 12.0 Å². The molecule has 2 N–H and O–H groups in total. The Morgan fingerprint density at radius 2 is 1.63 bits per heavy atom. The van der Waals surface area contributed by atoms with Gasteiger partial charge in [-0.05, 0) is 31.6 Å². The maximum atomic E-state index is 6.50. The molecule has 2 aliphatic rings. The molecule has 2 aliphatic carbocycles. The minimum atomic E-state index is 0.0877. The van der Waals surface area contributed by atoms with E-state index in [4.69, 9.17) is 5.73 Å². The molecule has 1 aromatic heterocycles. The van der Waals surface area contributed by atoms with Gasteiger partial charge in [-0.3, -0.25) is 0 Å². The van der Waals surface area contributed by atoms with E-state index in [2.05, 4.69) is 14.8 Å². The minimum Gasteiger partial charge on any atom is -0.321 e. The van der Waals surface area contributed by atoms with Gasteiger partial charge in [0.05, 0.1) is 6.04 Å². The molecule has 0 aromatic carbocycles. The van der Waals surface area contributed by atoms with Crippen LogP contribution in [0.4, 0.5) is 0 Å². The van der Waals surface area contributed by atoms with Crippen molar-refractivity contribution in [1.29, 1.82) is 0 Å². The Labute approximate surface area is 115 Å². The highest BCUT2D eigenvalue weighted by Gasteiger charge is 2.28. The minimum absolute atomic E-state index is 0.0877. The second kappa shape index (κ2) is 6.04. The van der Waals surface area contributed by atoms with Crippen LogP contribution in [0.25, 0.3) is 0 Å². The van der Waals surface area contributed by atoms with E-state index in [1.165, 1.54) is 64.2 Å². The molecular formula is C15H26N4. The van der Waals surface area contributed by atoms with Crippen LogP contribution in [-0.4, -0.2) is 14.8 Å². The second-order valence-corrected chi connectivity index (χ2v) is 6.31. The van der Waals surface area contributed by atoms with Gasteiger partial charge in [0, 0.05) is 6.04 Å². The Morgan fingerprint density at radius 3 is 2.32 bits per heavy atom. The zero-order valence-electron chi connectivity index (χ0n) is 11.8. The van der Waals surface area contributed by atoms with Crippen molar-refractivity contribution in [3.05, 3.63) is 12.2 Å². The Bertz CT molecular complexity index is 389. The standard InChI is InChI=1S/C15H26N4/c16-14(12-7-3-1-4-8-12)15-18-17-11-19(15)13-9-5-2-6-10-13/h11-14H,1-10,16H2. The third-order valence-electron chi connectivity index (χ3n) is 5.02. The van der Waals surface area contributed by atoms with E-state index in [-0.39, 0.29) is 6.04 Å². The monoisotopic (exact) mass is 262 g/mol. The van der Waals surface area contributed by atoms with Crippen molar-refractivity contribution in [2.24, 2.45) is 11.7 Å². The van der Waals surface area contributed by atoms with Crippen molar-refractivity contribution >= 4 is 0 Å². The first-order chi connectivity index (χ1) is 9.36. The molecule has 4 nitrogen and oxygen atoms in total. The molecule has 1 heterocycles. The number of rotatable bonds is 3. The molecule has 0 spiro atoms. The molecule has 106 valence electrons. The van der Waals surface area contributed by atoms with E-state index in [0.717, 1.165) is 5.82 Å². The van der Waals surface area contributed by atoms with Crippen LogP contribution < -0.4 is 5.73 Å². The highest BCUT2D eigenvalue weighted by molar-refractivity contribution is 5.00. The molecule has 3 rings (SSSR count). The van der Waals surface area contributed by atoms with Crippen molar-refractivity contribution in [3.63, 3.8) is 0 Å². The topological polar surface area (TPSA) is 56.7 Å². The summed E-state index contributed by atoms with van der Waals surface area (Å²) in [7, 11) is 0. The van der Waals surface area contributed by atoms with Gasteiger partial charge in [0.15, 0.2) is 0 Å². The maximum Gasteiger partial charge on any atom is 0.150 e. The molecule has 2 fully saturated rings. The predicted octanol–water partition coefficient (Wildman–Crippen LogP) is 3.36. The van der Waals surface area contributed by atoms with Crippen molar-refractivity contribution in [2.75, 3.05) is 0 Å². The molecular weight excluding hydrogens is 236 g/mol. The summed E-state index contributed by atoms with van der Waals surface area (Å²) in [6.45, 7) is 0. The molecule has 0 saturated heterocycles.